The SMILES string of the molecule is CN(C)CCCNc1nc(Nc2ccc(F)cc2)cc(-c2ccncc2)n1. The number of benzene rings is 1. The van der Waals surface area contributed by atoms with Crippen molar-refractivity contribution in [3.05, 3.63) is 60.7 Å². The Balaban J connectivity index is 1.82. The van der Waals surface area contributed by atoms with Crippen LogP contribution in [0.3, 0.4) is 0 Å². The largest absolute Gasteiger partial charge is 0.354 e. The number of nitrogens with zero attached hydrogens (tertiary/aromatic N) is 4. The Morgan fingerprint density at radius 3 is 2.44 bits per heavy atom. The number of nitrogens with one attached hydrogen (secondary N) is 2. The molecule has 0 amide bonds. The van der Waals surface area contributed by atoms with E-state index in [1.54, 1.807) is 24.5 Å². The van der Waals surface area contributed by atoms with Crippen LogP contribution < -0.4 is 10.6 Å². The molecule has 0 saturated carbocycles. The predicted molar refractivity (Wildman–Crippen MR) is 107 cm³/mol. The molecule has 0 radical (unpaired) electrons. The zero-order chi connectivity index (χ0) is 19.1. The van der Waals surface area contributed by atoms with Gasteiger partial charge in [0.25, 0.3) is 0 Å². The van der Waals surface area contributed by atoms with Gasteiger partial charge in [-0.15, -0.1) is 0 Å². The van der Waals surface area contributed by atoms with Gasteiger partial charge in [0.2, 0.25) is 5.95 Å². The molecule has 0 aliphatic heterocycles. The Labute approximate surface area is 158 Å². The highest BCUT2D eigenvalue weighted by atomic mass is 19.1. The maximum atomic E-state index is 13.1. The zero-order valence-electron chi connectivity index (χ0n) is 15.5. The fourth-order valence-electron chi connectivity index (χ4n) is 2.54. The second-order valence-corrected chi connectivity index (χ2v) is 6.41. The molecule has 0 fully saturated rings. The molecule has 0 spiro atoms. The van der Waals surface area contributed by atoms with Gasteiger partial charge < -0.3 is 15.5 Å². The van der Waals surface area contributed by atoms with Crippen LogP contribution >= 0.6 is 0 Å². The number of halogens is 1. The lowest BCUT2D eigenvalue weighted by molar-refractivity contribution is 0.405. The fourth-order valence-corrected chi connectivity index (χ4v) is 2.54. The molecule has 0 saturated heterocycles. The smallest absolute Gasteiger partial charge is 0.225 e. The molecule has 0 unspecified atom stereocenters. The molecule has 2 aromatic heterocycles. The summed E-state index contributed by atoms with van der Waals surface area (Å²) in [6.07, 6.45) is 4.44. The molecule has 1 aromatic carbocycles. The summed E-state index contributed by atoms with van der Waals surface area (Å²) in [5.74, 6) is 0.912. The van der Waals surface area contributed by atoms with E-state index in [4.69, 9.17) is 0 Å². The van der Waals surface area contributed by atoms with Gasteiger partial charge in [-0.25, -0.2) is 9.37 Å². The Bertz CT molecular complexity index is 852. The predicted octanol–water partition coefficient (Wildman–Crippen LogP) is 3.78. The first-order valence-electron chi connectivity index (χ1n) is 8.81. The molecule has 7 heteroatoms. The summed E-state index contributed by atoms with van der Waals surface area (Å²) in [6, 6.07) is 11.8. The van der Waals surface area contributed by atoms with Gasteiger partial charge in [0.05, 0.1) is 5.69 Å². The van der Waals surface area contributed by atoms with E-state index in [0.717, 1.165) is 36.5 Å². The Morgan fingerprint density at radius 2 is 1.74 bits per heavy atom. The van der Waals surface area contributed by atoms with Crippen molar-refractivity contribution < 1.29 is 4.39 Å². The van der Waals surface area contributed by atoms with Gasteiger partial charge in [-0.3, -0.25) is 4.98 Å². The van der Waals surface area contributed by atoms with Crippen LogP contribution in [-0.2, 0) is 0 Å². The molecule has 3 aromatic rings. The molecule has 140 valence electrons. The molecule has 0 aliphatic carbocycles. The molecule has 27 heavy (non-hydrogen) atoms. The minimum absolute atomic E-state index is 0.274. The molecule has 2 heterocycles. The highest BCUT2D eigenvalue weighted by molar-refractivity contribution is 5.67. The summed E-state index contributed by atoms with van der Waals surface area (Å²) in [5, 5.41) is 6.49. The van der Waals surface area contributed by atoms with Crippen molar-refractivity contribution >= 4 is 17.5 Å². The minimum Gasteiger partial charge on any atom is -0.354 e. The van der Waals surface area contributed by atoms with Crippen molar-refractivity contribution in [3.63, 3.8) is 0 Å². The summed E-state index contributed by atoms with van der Waals surface area (Å²) in [4.78, 5) is 15.3. The number of hydrogen-bond donors (Lipinski definition) is 2. The van der Waals surface area contributed by atoms with Gasteiger partial charge in [-0.05, 0) is 63.5 Å². The normalized spacial score (nSPS) is 10.8. The number of hydrogen-bond acceptors (Lipinski definition) is 6. The molecule has 6 nitrogen and oxygen atoms in total. The van der Waals surface area contributed by atoms with E-state index < -0.39 is 0 Å². The van der Waals surface area contributed by atoms with E-state index in [2.05, 4.69) is 30.5 Å². The van der Waals surface area contributed by atoms with Crippen LogP contribution in [0.2, 0.25) is 0 Å². The summed E-state index contributed by atoms with van der Waals surface area (Å²) in [5.41, 5.74) is 2.49. The van der Waals surface area contributed by atoms with Crippen molar-refractivity contribution in [3.8, 4) is 11.3 Å². The van der Waals surface area contributed by atoms with E-state index in [9.17, 15) is 4.39 Å². The average Bonchev–Trinajstić information content (AvgIpc) is 2.67. The molecule has 0 atom stereocenters. The maximum absolute atomic E-state index is 13.1. The number of pyridine rings is 1. The molecule has 2 N–H and O–H groups in total. The van der Waals surface area contributed by atoms with Crippen molar-refractivity contribution in [2.45, 2.75) is 6.42 Å². The molecular formula is C20H23FN6. The minimum atomic E-state index is -0.274. The van der Waals surface area contributed by atoms with E-state index >= 15 is 0 Å². The van der Waals surface area contributed by atoms with E-state index in [1.807, 2.05) is 32.3 Å². The Morgan fingerprint density at radius 1 is 1.00 bits per heavy atom. The van der Waals surface area contributed by atoms with Crippen LogP contribution in [-0.4, -0.2) is 47.0 Å². The monoisotopic (exact) mass is 366 g/mol. The Hall–Kier alpha value is -3.06. The third kappa shape index (κ3) is 5.72. The number of anilines is 3. The molecular weight excluding hydrogens is 343 g/mol. The maximum Gasteiger partial charge on any atom is 0.225 e. The van der Waals surface area contributed by atoms with E-state index in [-0.39, 0.29) is 5.82 Å². The number of rotatable bonds is 8. The van der Waals surface area contributed by atoms with Gasteiger partial charge in [-0.1, -0.05) is 0 Å². The first kappa shape index (κ1) is 18.7. The van der Waals surface area contributed by atoms with Gasteiger partial charge in [0.15, 0.2) is 0 Å². The van der Waals surface area contributed by atoms with Gasteiger partial charge in [0, 0.05) is 36.3 Å². The van der Waals surface area contributed by atoms with Gasteiger partial charge in [0.1, 0.15) is 11.6 Å². The highest BCUT2D eigenvalue weighted by Crippen LogP contribution is 2.23. The lowest BCUT2D eigenvalue weighted by Crippen LogP contribution is -2.17. The summed E-state index contributed by atoms with van der Waals surface area (Å²) < 4.78 is 13.1. The van der Waals surface area contributed by atoms with Crippen LogP contribution in [0.15, 0.2) is 54.9 Å². The first-order chi connectivity index (χ1) is 13.1. The molecule has 0 bridgehead atoms. The van der Waals surface area contributed by atoms with Crippen LogP contribution in [0, 0.1) is 5.82 Å². The fraction of sp³-hybridized carbons (Fsp3) is 0.250. The lowest BCUT2D eigenvalue weighted by atomic mass is 10.2. The highest BCUT2D eigenvalue weighted by Gasteiger charge is 2.07. The summed E-state index contributed by atoms with van der Waals surface area (Å²) in [6.45, 7) is 1.76. The molecule has 0 aliphatic rings. The van der Waals surface area contributed by atoms with Crippen molar-refractivity contribution in [2.75, 3.05) is 37.8 Å². The van der Waals surface area contributed by atoms with Gasteiger partial charge >= 0.3 is 0 Å². The summed E-state index contributed by atoms with van der Waals surface area (Å²) in [7, 11) is 4.09. The topological polar surface area (TPSA) is 66.0 Å². The average molecular weight is 366 g/mol. The third-order valence-corrected chi connectivity index (χ3v) is 3.88. The lowest BCUT2D eigenvalue weighted by Gasteiger charge is -2.13. The van der Waals surface area contributed by atoms with Crippen molar-refractivity contribution in [1.82, 2.24) is 19.9 Å². The van der Waals surface area contributed by atoms with Crippen LogP contribution in [0.1, 0.15) is 6.42 Å². The number of aromatic nitrogens is 3. The standard InChI is InChI=1S/C20H23FN6/c1-27(2)13-3-10-23-20-25-18(15-8-11-22-12-9-15)14-19(26-20)24-17-6-4-16(21)5-7-17/h4-9,11-12,14H,3,10,13H2,1-2H3,(H2,23,24,25,26). The first-order valence-corrected chi connectivity index (χ1v) is 8.81. The zero-order valence-corrected chi connectivity index (χ0v) is 15.5. The third-order valence-electron chi connectivity index (χ3n) is 3.88. The quantitative estimate of drug-likeness (QED) is 0.592. The van der Waals surface area contributed by atoms with Crippen molar-refractivity contribution in [1.29, 1.82) is 0 Å². The molecule has 3 rings (SSSR count). The van der Waals surface area contributed by atoms with Crippen LogP contribution in [0.5, 0.6) is 0 Å². The Kier molecular flexibility index (Phi) is 6.27. The van der Waals surface area contributed by atoms with Crippen LogP contribution in [0.25, 0.3) is 11.3 Å². The summed E-state index contributed by atoms with van der Waals surface area (Å²) >= 11 is 0. The van der Waals surface area contributed by atoms with E-state index in [1.165, 1.54) is 12.1 Å². The second-order valence-electron chi connectivity index (χ2n) is 6.41. The van der Waals surface area contributed by atoms with Gasteiger partial charge in [-0.2, -0.15) is 4.98 Å². The second kappa shape index (κ2) is 9.05. The van der Waals surface area contributed by atoms with E-state index in [0.29, 0.717) is 11.8 Å². The van der Waals surface area contributed by atoms with Crippen molar-refractivity contribution in [2.24, 2.45) is 0 Å². The van der Waals surface area contributed by atoms with Crippen LogP contribution in [0.4, 0.5) is 21.8 Å².